The Labute approximate surface area is 147 Å². The third-order valence-electron chi connectivity index (χ3n) is 4.25. The number of likely N-dealkylation sites (tertiary alicyclic amines) is 1. The fraction of sp³-hybridized carbons (Fsp3) is 0.611. The van der Waals surface area contributed by atoms with Crippen LogP contribution in [0.25, 0.3) is 0 Å². The number of benzene rings is 1. The monoisotopic (exact) mass is 356 g/mol. The van der Waals surface area contributed by atoms with Crippen molar-refractivity contribution in [1.82, 2.24) is 10.2 Å². The van der Waals surface area contributed by atoms with Crippen molar-refractivity contribution in [3.05, 3.63) is 23.8 Å². The van der Waals surface area contributed by atoms with Gasteiger partial charge in [-0.3, -0.25) is 9.69 Å². The molecule has 1 saturated heterocycles. The van der Waals surface area contributed by atoms with Crippen molar-refractivity contribution in [3.63, 3.8) is 0 Å². The summed E-state index contributed by atoms with van der Waals surface area (Å²) in [5.41, 5.74) is 0.757. The molecule has 0 aliphatic carbocycles. The molecule has 7 heteroatoms. The van der Waals surface area contributed by atoms with Crippen LogP contribution in [0.5, 0.6) is 11.5 Å². The van der Waals surface area contributed by atoms with Gasteiger partial charge in [-0.05, 0) is 36.0 Å². The van der Waals surface area contributed by atoms with Crippen molar-refractivity contribution in [2.24, 2.45) is 11.8 Å². The number of hydrogen-bond donors (Lipinski definition) is 1. The quantitative estimate of drug-likeness (QED) is 0.816. The highest BCUT2D eigenvalue weighted by atomic mass is 19.3. The highest BCUT2D eigenvalue weighted by molar-refractivity contribution is 5.78. The first kappa shape index (κ1) is 19.4. The standard InChI is InChI=1S/C18H26F2N2O3/c1-12-6-13(2)10-22(9-12)11-17(23)21-8-14-4-5-15(25-18(19)20)16(7-14)24-3/h4-5,7,12-13,18H,6,8-11H2,1-3H3,(H,21,23)/t12-,13-/m0/s1. The Morgan fingerprint density at radius 2 is 1.96 bits per heavy atom. The minimum Gasteiger partial charge on any atom is -0.493 e. The van der Waals surface area contributed by atoms with Crippen LogP contribution in [0.15, 0.2) is 18.2 Å². The number of methoxy groups -OCH3 is 1. The van der Waals surface area contributed by atoms with Crippen molar-refractivity contribution in [1.29, 1.82) is 0 Å². The predicted molar refractivity (Wildman–Crippen MR) is 90.9 cm³/mol. The van der Waals surface area contributed by atoms with E-state index in [0.717, 1.165) is 18.7 Å². The van der Waals surface area contributed by atoms with Gasteiger partial charge in [-0.1, -0.05) is 19.9 Å². The van der Waals surface area contributed by atoms with E-state index in [1.807, 2.05) is 0 Å². The van der Waals surface area contributed by atoms with Crippen molar-refractivity contribution >= 4 is 5.91 Å². The van der Waals surface area contributed by atoms with Crippen LogP contribution < -0.4 is 14.8 Å². The van der Waals surface area contributed by atoms with Crippen molar-refractivity contribution in [2.45, 2.75) is 33.4 Å². The van der Waals surface area contributed by atoms with E-state index in [2.05, 4.69) is 28.8 Å². The minimum atomic E-state index is -2.91. The summed E-state index contributed by atoms with van der Waals surface area (Å²) in [5, 5.41) is 2.86. The van der Waals surface area contributed by atoms with Crippen LogP contribution >= 0.6 is 0 Å². The number of nitrogens with zero attached hydrogens (tertiary/aromatic N) is 1. The minimum absolute atomic E-state index is 0.0242. The maximum Gasteiger partial charge on any atom is 0.387 e. The molecule has 1 amide bonds. The summed E-state index contributed by atoms with van der Waals surface area (Å²) in [7, 11) is 1.38. The first-order valence-electron chi connectivity index (χ1n) is 8.48. The van der Waals surface area contributed by atoms with Gasteiger partial charge in [-0.2, -0.15) is 8.78 Å². The molecule has 1 heterocycles. The summed E-state index contributed by atoms with van der Waals surface area (Å²) in [5.74, 6) is 1.34. The molecular formula is C18H26F2N2O3. The molecule has 0 radical (unpaired) electrons. The van der Waals surface area contributed by atoms with Gasteiger partial charge in [-0.25, -0.2) is 0 Å². The number of ether oxygens (including phenoxy) is 2. The van der Waals surface area contributed by atoms with Gasteiger partial charge in [-0.15, -0.1) is 0 Å². The Kier molecular flexibility index (Phi) is 6.99. The van der Waals surface area contributed by atoms with Crippen LogP contribution in [0.1, 0.15) is 25.8 Å². The van der Waals surface area contributed by atoms with E-state index in [9.17, 15) is 13.6 Å². The van der Waals surface area contributed by atoms with E-state index in [0.29, 0.717) is 24.9 Å². The van der Waals surface area contributed by atoms with Gasteiger partial charge in [0, 0.05) is 19.6 Å². The number of hydrogen-bond acceptors (Lipinski definition) is 4. The van der Waals surface area contributed by atoms with E-state index in [-0.39, 0.29) is 17.4 Å². The maximum atomic E-state index is 12.3. The molecule has 1 aromatic rings. The Balaban J connectivity index is 1.86. The molecule has 0 unspecified atom stereocenters. The van der Waals surface area contributed by atoms with E-state index >= 15 is 0 Å². The number of halogens is 2. The summed E-state index contributed by atoms with van der Waals surface area (Å²) in [6, 6.07) is 4.63. The molecule has 1 aliphatic heterocycles. The van der Waals surface area contributed by atoms with Crippen LogP contribution in [-0.2, 0) is 11.3 Å². The Morgan fingerprint density at radius 1 is 1.28 bits per heavy atom. The molecule has 5 nitrogen and oxygen atoms in total. The lowest BCUT2D eigenvalue weighted by molar-refractivity contribution is -0.123. The molecule has 25 heavy (non-hydrogen) atoms. The fourth-order valence-electron chi connectivity index (χ4n) is 3.40. The summed E-state index contributed by atoms with van der Waals surface area (Å²) >= 11 is 0. The van der Waals surface area contributed by atoms with Crippen LogP contribution in [0.4, 0.5) is 8.78 Å². The largest absolute Gasteiger partial charge is 0.493 e. The molecule has 1 N–H and O–H groups in total. The van der Waals surface area contributed by atoms with Crippen LogP contribution in [-0.4, -0.2) is 44.2 Å². The van der Waals surface area contributed by atoms with E-state index in [4.69, 9.17) is 4.74 Å². The molecule has 2 atom stereocenters. The molecule has 0 spiro atoms. The lowest BCUT2D eigenvalue weighted by Crippen LogP contribution is -2.44. The highest BCUT2D eigenvalue weighted by Gasteiger charge is 2.23. The lowest BCUT2D eigenvalue weighted by Gasteiger charge is -2.34. The lowest BCUT2D eigenvalue weighted by atomic mass is 9.92. The van der Waals surface area contributed by atoms with Crippen molar-refractivity contribution in [2.75, 3.05) is 26.7 Å². The van der Waals surface area contributed by atoms with E-state index in [1.54, 1.807) is 12.1 Å². The third kappa shape index (κ3) is 6.16. The van der Waals surface area contributed by atoms with Gasteiger partial charge in [0.25, 0.3) is 0 Å². The summed E-state index contributed by atoms with van der Waals surface area (Å²) in [4.78, 5) is 14.3. The average Bonchev–Trinajstić information content (AvgIpc) is 2.52. The second kappa shape index (κ2) is 8.99. The first-order chi connectivity index (χ1) is 11.9. The Morgan fingerprint density at radius 3 is 2.56 bits per heavy atom. The molecule has 2 rings (SSSR count). The summed E-state index contributed by atoms with van der Waals surface area (Å²) < 4.78 is 34.1. The molecule has 140 valence electrons. The number of carbonyl (C=O) groups excluding carboxylic acids is 1. The number of rotatable bonds is 7. The molecule has 1 aliphatic rings. The zero-order valence-corrected chi connectivity index (χ0v) is 14.9. The normalized spacial score (nSPS) is 21.2. The van der Waals surface area contributed by atoms with Gasteiger partial charge >= 0.3 is 6.61 Å². The van der Waals surface area contributed by atoms with Crippen LogP contribution in [0, 0.1) is 11.8 Å². The smallest absolute Gasteiger partial charge is 0.387 e. The van der Waals surface area contributed by atoms with E-state index in [1.165, 1.54) is 19.6 Å². The molecular weight excluding hydrogens is 330 g/mol. The molecule has 0 aromatic heterocycles. The van der Waals surface area contributed by atoms with Gasteiger partial charge in [0.2, 0.25) is 5.91 Å². The number of alkyl halides is 2. The molecule has 1 fully saturated rings. The second-order valence-electron chi connectivity index (χ2n) is 6.78. The molecule has 1 aromatic carbocycles. The van der Waals surface area contributed by atoms with Crippen LogP contribution in [0.3, 0.4) is 0 Å². The average molecular weight is 356 g/mol. The van der Waals surface area contributed by atoms with Gasteiger partial charge in [0.15, 0.2) is 11.5 Å². The maximum absolute atomic E-state index is 12.3. The molecule has 0 saturated carbocycles. The summed E-state index contributed by atoms with van der Waals surface area (Å²) in [6.07, 6.45) is 1.20. The number of amides is 1. The number of nitrogens with one attached hydrogen (secondary N) is 1. The van der Waals surface area contributed by atoms with Crippen molar-refractivity contribution in [3.8, 4) is 11.5 Å². The van der Waals surface area contributed by atoms with E-state index < -0.39 is 6.61 Å². The zero-order valence-electron chi connectivity index (χ0n) is 14.9. The van der Waals surface area contributed by atoms with Crippen molar-refractivity contribution < 1.29 is 23.0 Å². The number of piperidine rings is 1. The second-order valence-corrected chi connectivity index (χ2v) is 6.78. The van der Waals surface area contributed by atoms with Gasteiger partial charge in [0.05, 0.1) is 13.7 Å². The van der Waals surface area contributed by atoms with Gasteiger partial charge < -0.3 is 14.8 Å². The zero-order chi connectivity index (χ0) is 18.4. The summed E-state index contributed by atoms with van der Waals surface area (Å²) in [6.45, 7) is 4.05. The third-order valence-corrected chi connectivity index (χ3v) is 4.25. The Bertz CT molecular complexity index is 573. The topological polar surface area (TPSA) is 50.8 Å². The molecule has 0 bridgehead atoms. The Hall–Kier alpha value is -1.89. The first-order valence-corrected chi connectivity index (χ1v) is 8.48. The van der Waals surface area contributed by atoms with Crippen LogP contribution in [0.2, 0.25) is 0 Å². The van der Waals surface area contributed by atoms with Gasteiger partial charge in [0.1, 0.15) is 0 Å². The fourth-order valence-corrected chi connectivity index (χ4v) is 3.40. The number of carbonyl (C=O) groups is 1. The highest BCUT2D eigenvalue weighted by Crippen LogP contribution is 2.29. The SMILES string of the molecule is COc1cc(CNC(=O)CN2C[C@@H](C)C[C@H](C)C2)ccc1OC(F)F. The predicted octanol–water partition coefficient (Wildman–Crippen LogP) is 2.89.